The number of aryl methyl sites for hydroxylation is 1. The summed E-state index contributed by atoms with van der Waals surface area (Å²) in [7, 11) is 0. The molecule has 0 radical (unpaired) electrons. The third kappa shape index (κ3) is 7.25. The molecule has 0 aromatic carbocycles. The molecule has 0 aliphatic rings. The number of nitrogens with zero attached hydrogens (tertiary/aromatic N) is 2. The van der Waals surface area contributed by atoms with Gasteiger partial charge in [0.05, 0.1) is 0 Å². The van der Waals surface area contributed by atoms with Crippen molar-refractivity contribution >= 4 is 5.82 Å². The highest BCUT2D eigenvalue weighted by Gasteiger charge is 1.95. The van der Waals surface area contributed by atoms with Gasteiger partial charge in [0.25, 0.3) is 0 Å². The second-order valence-electron chi connectivity index (χ2n) is 4.89. The third-order valence-corrected chi connectivity index (χ3v) is 3.11. The molecule has 18 heavy (non-hydrogen) atoms. The van der Waals surface area contributed by atoms with Crippen LogP contribution in [0.5, 0.6) is 0 Å². The first-order valence-corrected chi connectivity index (χ1v) is 7.36. The molecule has 3 nitrogen and oxygen atoms in total. The summed E-state index contributed by atoms with van der Waals surface area (Å²) in [5.74, 6) is 1.78. The normalized spacial score (nSPS) is 10.6. The van der Waals surface area contributed by atoms with Crippen LogP contribution in [0.15, 0.2) is 12.3 Å². The molecule has 1 N–H and O–H groups in total. The molecule has 0 bridgehead atoms. The Kier molecular flexibility index (Phi) is 8.19. The Hall–Kier alpha value is -1.12. The molecule has 1 rings (SSSR count). The fourth-order valence-corrected chi connectivity index (χ4v) is 2.03. The predicted octanol–water partition coefficient (Wildman–Crippen LogP) is 4.34. The molecule has 0 saturated carbocycles. The van der Waals surface area contributed by atoms with E-state index in [2.05, 4.69) is 22.2 Å². The van der Waals surface area contributed by atoms with Gasteiger partial charge in [-0.25, -0.2) is 9.97 Å². The number of hydrogen-bond acceptors (Lipinski definition) is 3. The van der Waals surface area contributed by atoms with Gasteiger partial charge < -0.3 is 5.32 Å². The molecule has 0 amide bonds. The number of unbranched alkanes of at least 4 members (excludes halogenated alkanes) is 7. The van der Waals surface area contributed by atoms with Crippen molar-refractivity contribution in [3.05, 3.63) is 18.1 Å². The van der Waals surface area contributed by atoms with Gasteiger partial charge in [0.15, 0.2) is 0 Å². The lowest BCUT2D eigenvalue weighted by Crippen LogP contribution is -2.04. The quantitative estimate of drug-likeness (QED) is 0.627. The maximum Gasteiger partial charge on any atom is 0.129 e. The van der Waals surface area contributed by atoms with Gasteiger partial charge in [0.1, 0.15) is 11.6 Å². The SMILES string of the molecule is CCCCCCCCCCNc1ccnc(C)n1. The van der Waals surface area contributed by atoms with E-state index >= 15 is 0 Å². The van der Waals surface area contributed by atoms with Gasteiger partial charge >= 0.3 is 0 Å². The fourth-order valence-electron chi connectivity index (χ4n) is 2.03. The summed E-state index contributed by atoms with van der Waals surface area (Å²) in [4.78, 5) is 8.40. The third-order valence-electron chi connectivity index (χ3n) is 3.11. The molecule has 0 unspecified atom stereocenters. The van der Waals surface area contributed by atoms with Gasteiger partial charge in [-0.2, -0.15) is 0 Å². The van der Waals surface area contributed by atoms with Gasteiger partial charge in [-0.05, 0) is 19.4 Å². The Morgan fingerprint density at radius 3 is 2.33 bits per heavy atom. The molecule has 0 fully saturated rings. The minimum Gasteiger partial charge on any atom is -0.370 e. The Morgan fingerprint density at radius 1 is 1.00 bits per heavy atom. The monoisotopic (exact) mass is 249 g/mol. The van der Waals surface area contributed by atoms with Crippen LogP contribution in [0, 0.1) is 6.92 Å². The highest BCUT2D eigenvalue weighted by Crippen LogP contribution is 2.08. The number of hydrogen-bond donors (Lipinski definition) is 1. The summed E-state index contributed by atoms with van der Waals surface area (Å²) >= 11 is 0. The van der Waals surface area contributed by atoms with E-state index in [1.807, 2.05) is 13.0 Å². The van der Waals surface area contributed by atoms with Gasteiger partial charge in [0, 0.05) is 12.7 Å². The van der Waals surface area contributed by atoms with Crippen LogP contribution >= 0.6 is 0 Å². The summed E-state index contributed by atoms with van der Waals surface area (Å²) in [6.07, 6.45) is 12.7. The maximum absolute atomic E-state index is 4.32. The van der Waals surface area contributed by atoms with Crippen molar-refractivity contribution in [1.29, 1.82) is 0 Å². The zero-order valence-electron chi connectivity index (χ0n) is 11.9. The van der Waals surface area contributed by atoms with E-state index in [0.717, 1.165) is 18.2 Å². The second kappa shape index (κ2) is 9.86. The molecule has 0 spiro atoms. The van der Waals surface area contributed by atoms with Crippen molar-refractivity contribution in [2.45, 2.75) is 65.2 Å². The number of rotatable bonds is 10. The van der Waals surface area contributed by atoms with Gasteiger partial charge in [0.2, 0.25) is 0 Å². The molecule has 102 valence electrons. The van der Waals surface area contributed by atoms with Gasteiger partial charge in [-0.15, -0.1) is 0 Å². The minimum absolute atomic E-state index is 0.830. The first-order valence-electron chi connectivity index (χ1n) is 7.36. The van der Waals surface area contributed by atoms with E-state index in [0.29, 0.717) is 0 Å². The van der Waals surface area contributed by atoms with Gasteiger partial charge in [-0.3, -0.25) is 0 Å². The minimum atomic E-state index is 0.830. The average Bonchev–Trinajstić information content (AvgIpc) is 2.37. The van der Waals surface area contributed by atoms with Crippen LogP contribution in [-0.2, 0) is 0 Å². The summed E-state index contributed by atoms with van der Waals surface area (Å²) in [5, 5.41) is 3.35. The fraction of sp³-hybridized carbons (Fsp3) is 0.733. The molecule has 1 aromatic heterocycles. The Labute approximate surface area is 111 Å². The first-order chi connectivity index (χ1) is 8.83. The lowest BCUT2D eigenvalue weighted by atomic mass is 10.1. The van der Waals surface area contributed by atoms with Crippen molar-refractivity contribution in [3.8, 4) is 0 Å². The molecule has 0 aliphatic carbocycles. The Bertz CT molecular complexity index is 312. The number of aromatic nitrogens is 2. The maximum atomic E-state index is 4.32. The zero-order valence-corrected chi connectivity index (χ0v) is 11.9. The Morgan fingerprint density at radius 2 is 1.67 bits per heavy atom. The molecule has 3 heteroatoms. The molecule has 1 aromatic rings. The van der Waals surface area contributed by atoms with Crippen LogP contribution in [0.3, 0.4) is 0 Å². The van der Waals surface area contributed by atoms with Crippen molar-refractivity contribution in [3.63, 3.8) is 0 Å². The lowest BCUT2D eigenvalue weighted by molar-refractivity contribution is 0.581. The number of nitrogens with one attached hydrogen (secondary N) is 1. The van der Waals surface area contributed by atoms with Crippen LogP contribution in [0.25, 0.3) is 0 Å². The van der Waals surface area contributed by atoms with E-state index < -0.39 is 0 Å². The van der Waals surface area contributed by atoms with Crippen molar-refractivity contribution in [1.82, 2.24) is 9.97 Å². The lowest BCUT2D eigenvalue weighted by Gasteiger charge is -2.05. The zero-order chi connectivity index (χ0) is 13.1. The summed E-state index contributed by atoms with van der Waals surface area (Å²) in [6.45, 7) is 5.20. The largest absolute Gasteiger partial charge is 0.370 e. The highest BCUT2D eigenvalue weighted by molar-refractivity contribution is 5.32. The topological polar surface area (TPSA) is 37.8 Å². The van der Waals surface area contributed by atoms with Crippen LogP contribution < -0.4 is 5.32 Å². The van der Waals surface area contributed by atoms with E-state index in [4.69, 9.17) is 0 Å². The van der Waals surface area contributed by atoms with Crippen molar-refractivity contribution < 1.29 is 0 Å². The molecular weight excluding hydrogens is 222 g/mol. The smallest absolute Gasteiger partial charge is 0.129 e. The summed E-state index contributed by atoms with van der Waals surface area (Å²) in [5.41, 5.74) is 0. The molecule has 0 aliphatic heterocycles. The predicted molar refractivity (Wildman–Crippen MR) is 77.9 cm³/mol. The molecule has 1 heterocycles. The second-order valence-corrected chi connectivity index (χ2v) is 4.89. The van der Waals surface area contributed by atoms with E-state index in [1.165, 1.54) is 51.4 Å². The van der Waals surface area contributed by atoms with E-state index in [9.17, 15) is 0 Å². The van der Waals surface area contributed by atoms with Crippen molar-refractivity contribution in [2.24, 2.45) is 0 Å². The van der Waals surface area contributed by atoms with E-state index in [1.54, 1.807) is 6.20 Å². The summed E-state index contributed by atoms with van der Waals surface area (Å²) < 4.78 is 0. The average molecular weight is 249 g/mol. The van der Waals surface area contributed by atoms with E-state index in [-0.39, 0.29) is 0 Å². The first kappa shape index (κ1) is 14.9. The standard InChI is InChI=1S/C15H27N3/c1-3-4-5-6-7-8-9-10-12-17-15-11-13-16-14(2)18-15/h11,13H,3-10,12H2,1-2H3,(H,16,17,18). The number of anilines is 1. The van der Waals surface area contributed by atoms with Crippen LogP contribution in [0.1, 0.15) is 64.1 Å². The van der Waals surface area contributed by atoms with Crippen LogP contribution in [0.4, 0.5) is 5.82 Å². The van der Waals surface area contributed by atoms with Gasteiger partial charge in [-0.1, -0.05) is 51.9 Å². The van der Waals surface area contributed by atoms with Crippen LogP contribution in [-0.4, -0.2) is 16.5 Å². The molecule has 0 atom stereocenters. The Balaban J connectivity index is 1.92. The highest BCUT2D eigenvalue weighted by atomic mass is 15.0. The van der Waals surface area contributed by atoms with Crippen molar-refractivity contribution in [2.75, 3.05) is 11.9 Å². The van der Waals surface area contributed by atoms with Crippen LogP contribution in [0.2, 0.25) is 0 Å². The summed E-state index contributed by atoms with van der Waals surface area (Å²) in [6, 6.07) is 1.93. The molecular formula is C15H27N3. The molecule has 0 saturated heterocycles.